The SMILES string of the molecule is CC(=CC(=O)C(C#N)c1nc(C)cs1)c1ccccc1Cl. The predicted octanol–water partition coefficient (Wildman–Crippen LogP) is 4.38. The molecule has 1 aromatic carbocycles. The molecular weight excluding hydrogens is 304 g/mol. The van der Waals surface area contributed by atoms with Gasteiger partial charge in [-0.25, -0.2) is 4.98 Å². The number of aromatic nitrogens is 1. The van der Waals surface area contributed by atoms with Crippen LogP contribution in [0.4, 0.5) is 0 Å². The van der Waals surface area contributed by atoms with Crippen LogP contribution < -0.4 is 0 Å². The fourth-order valence-corrected chi connectivity index (χ4v) is 3.03. The van der Waals surface area contributed by atoms with Crippen molar-refractivity contribution in [2.24, 2.45) is 0 Å². The first kappa shape index (κ1) is 15.4. The van der Waals surface area contributed by atoms with E-state index in [9.17, 15) is 10.1 Å². The second kappa shape index (κ2) is 6.66. The van der Waals surface area contributed by atoms with E-state index < -0.39 is 5.92 Å². The number of allylic oxidation sites excluding steroid dienone is 2. The van der Waals surface area contributed by atoms with Gasteiger partial charge in [-0.05, 0) is 37.1 Å². The molecule has 0 spiro atoms. The number of rotatable bonds is 4. The predicted molar refractivity (Wildman–Crippen MR) is 85.3 cm³/mol. The van der Waals surface area contributed by atoms with Gasteiger partial charge in [-0.1, -0.05) is 29.8 Å². The van der Waals surface area contributed by atoms with E-state index in [1.807, 2.05) is 36.6 Å². The van der Waals surface area contributed by atoms with Crippen LogP contribution in [-0.2, 0) is 4.79 Å². The van der Waals surface area contributed by atoms with Crippen molar-refractivity contribution >= 4 is 34.3 Å². The van der Waals surface area contributed by atoms with Crippen LogP contribution in [0.1, 0.15) is 29.1 Å². The number of nitriles is 1. The van der Waals surface area contributed by atoms with E-state index in [0.29, 0.717) is 10.0 Å². The van der Waals surface area contributed by atoms with Gasteiger partial charge in [0, 0.05) is 16.1 Å². The van der Waals surface area contributed by atoms with Crippen LogP contribution in [0, 0.1) is 18.3 Å². The first-order chi connectivity index (χ1) is 10.0. The van der Waals surface area contributed by atoms with E-state index in [4.69, 9.17) is 11.6 Å². The standard InChI is InChI=1S/C16H13ClN2OS/c1-10(12-5-3-4-6-14(12)17)7-15(20)13(8-18)16-19-11(2)9-21-16/h3-7,9,13H,1-2H3. The Morgan fingerprint density at radius 3 is 2.76 bits per heavy atom. The molecule has 5 heteroatoms. The number of nitrogens with zero attached hydrogens (tertiary/aromatic N) is 2. The number of carbonyl (C=O) groups is 1. The van der Waals surface area contributed by atoms with Gasteiger partial charge in [-0.3, -0.25) is 4.79 Å². The summed E-state index contributed by atoms with van der Waals surface area (Å²) in [5.74, 6) is -1.13. The molecule has 0 amide bonds. The Morgan fingerprint density at radius 2 is 2.19 bits per heavy atom. The fourth-order valence-electron chi connectivity index (χ4n) is 1.90. The van der Waals surface area contributed by atoms with Crippen LogP contribution in [0.25, 0.3) is 5.57 Å². The molecule has 0 aliphatic rings. The van der Waals surface area contributed by atoms with Crippen molar-refractivity contribution in [3.05, 3.63) is 57.0 Å². The van der Waals surface area contributed by atoms with Crippen molar-refractivity contribution in [1.82, 2.24) is 4.98 Å². The molecule has 2 aromatic rings. The molecule has 2 rings (SSSR count). The molecule has 0 radical (unpaired) electrons. The molecule has 0 N–H and O–H groups in total. The molecule has 106 valence electrons. The van der Waals surface area contributed by atoms with Gasteiger partial charge in [-0.2, -0.15) is 5.26 Å². The Kier molecular flexibility index (Phi) is 4.89. The van der Waals surface area contributed by atoms with E-state index in [1.165, 1.54) is 17.4 Å². The van der Waals surface area contributed by atoms with Crippen LogP contribution in [0.5, 0.6) is 0 Å². The average Bonchev–Trinajstić information content (AvgIpc) is 2.86. The lowest BCUT2D eigenvalue weighted by Gasteiger charge is -2.06. The van der Waals surface area contributed by atoms with E-state index in [0.717, 1.165) is 16.8 Å². The highest BCUT2D eigenvalue weighted by molar-refractivity contribution is 7.10. The molecule has 1 unspecified atom stereocenters. The second-order valence-corrected chi connectivity index (χ2v) is 5.90. The zero-order valence-electron chi connectivity index (χ0n) is 11.6. The second-order valence-electron chi connectivity index (χ2n) is 4.60. The lowest BCUT2D eigenvalue weighted by atomic mass is 10.0. The quantitative estimate of drug-likeness (QED) is 0.786. The normalized spacial score (nSPS) is 12.8. The van der Waals surface area contributed by atoms with Gasteiger partial charge in [0.1, 0.15) is 5.01 Å². The number of carbonyl (C=O) groups excluding carboxylic acids is 1. The fraction of sp³-hybridized carbons (Fsp3) is 0.188. The molecule has 0 bridgehead atoms. The van der Waals surface area contributed by atoms with Gasteiger partial charge >= 0.3 is 0 Å². The summed E-state index contributed by atoms with van der Waals surface area (Å²) >= 11 is 7.44. The maximum Gasteiger partial charge on any atom is 0.180 e. The summed E-state index contributed by atoms with van der Waals surface area (Å²) in [6, 6.07) is 9.32. The number of ketones is 1. The van der Waals surface area contributed by atoms with Crippen molar-refractivity contribution < 1.29 is 4.79 Å². The summed E-state index contributed by atoms with van der Waals surface area (Å²) in [6.07, 6.45) is 1.46. The van der Waals surface area contributed by atoms with E-state index in [-0.39, 0.29) is 5.78 Å². The van der Waals surface area contributed by atoms with E-state index in [2.05, 4.69) is 4.98 Å². The van der Waals surface area contributed by atoms with Crippen LogP contribution in [0.2, 0.25) is 5.02 Å². The highest BCUT2D eigenvalue weighted by Gasteiger charge is 2.21. The molecular formula is C16H13ClN2OS. The van der Waals surface area contributed by atoms with Crippen molar-refractivity contribution in [1.29, 1.82) is 5.26 Å². The van der Waals surface area contributed by atoms with Crippen LogP contribution in [0.15, 0.2) is 35.7 Å². The highest BCUT2D eigenvalue weighted by Crippen LogP contribution is 2.26. The third-order valence-corrected chi connectivity index (χ3v) is 4.31. The molecule has 1 aromatic heterocycles. The Morgan fingerprint density at radius 1 is 1.48 bits per heavy atom. The zero-order chi connectivity index (χ0) is 15.4. The molecule has 0 aliphatic carbocycles. The monoisotopic (exact) mass is 316 g/mol. The largest absolute Gasteiger partial charge is 0.293 e. The smallest absolute Gasteiger partial charge is 0.180 e. The highest BCUT2D eigenvalue weighted by atomic mass is 35.5. The van der Waals surface area contributed by atoms with Crippen LogP contribution in [0.3, 0.4) is 0 Å². The summed E-state index contributed by atoms with van der Waals surface area (Å²) in [7, 11) is 0. The first-order valence-electron chi connectivity index (χ1n) is 6.31. The molecule has 0 fully saturated rings. The van der Waals surface area contributed by atoms with Gasteiger partial charge in [0.2, 0.25) is 0 Å². The van der Waals surface area contributed by atoms with Crippen molar-refractivity contribution in [3.8, 4) is 6.07 Å². The number of hydrogen-bond donors (Lipinski definition) is 0. The molecule has 0 aliphatic heterocycles. The minimum absolute atomic E-state index is 0.274. The van der Waals surface area contributed by atoms with Crippen LogP contribution >= 0.6 is 22.9 Å². The Balaban J connectivity index is 2.29. The Labute approximate surface area is 132 Å². The number of hydrogen-bond acceptors (Lipinski definition) is 4. The lowest BCUT2D eigenvalue weighted by Crippen LogP contribution is -2.08. The van der Waals surface area contributed by atoms with Crippen molar-refractivity contribution in [2.75, 3.05) is 0 Å². The number of benzene rings is 1. The number of aryl methyl sites for hydroxylation is 1. The summed E-state index contributed by atoms with van der Waals surface area (Å²) < 4.78 is 0. The molecule has 1 atom stereocenters. The summed E-state index contributed by atoms with van der Waals surface area (Å²) in [5.41, 5.74) is 2.34. The van der Waals surface area contributed by atoms with Gasteiger partial charge in [0.05, 0.1) is 6.07 Å². The van der Waals surface area contributed by atoms with E-state index >= 15 is 0 Å². The summed E-state index contributed by atoms with van der Waals surface area (Å²) in [4.78, 5) is 16.5. The third kappa shape index (κ3) is 3.57. The molecule has 1 heterocycles. The Bertz CT molecular complexity index is 743. The van der Waals surface area contributed by atoms with Gasteiger partial charge in [0.15, 0.2) is 11.7 Å². The maximum absolute atomic E-state index is 12.3. The Hall–Kier alpha value is -1.96. The molecule has 3 nitrogen and oxygen atoms in total. The van der Waals surface area contributed by atoms with Gasteiger partial charge in [0.25, 0.3) is 0 Å². The molecule has 21 heavy (non-hydrogen) atoms. The third-order valence-electron chi connectivity index (χ3n) is 2.95. The van der Waals surface area contributed by atoms with Crippen LogP contribution in [-0.4, -0.2) is 10.8 Å². The van der Waals surface area contributed by atoms with E-state index in [1.54, 1.807) is 13.0 Å². The summed E-state index contributed by atoms with van der Waals surface area (Å²) in [5, 5.41) is 12.2. The zero-order valence-corrected chi connectivity index (χ0v) is 13.2. The number of thiazole rings is 1. The van der Waals surface area contributed by atoms with Crippen molar-refractivity contribution in [2.45, 2.75) is 19.8 Å². The summed E-state index contributed by atoms with van der Waals surface area (Å²) in [6.45, 7) is 3.64. The molecule has 0 saturated carbocycles. The van der Waals surface area contributed by atoms with Gasteiger partial charge in [-0.15, -0.1) is 11.3 Å². The van der Waals surface area contributed by atoms with Gasteiger partial charge < -0.3 is 0 Å². The minimum Gasteiger partial charge on any atom is -0.293 e. The average molecular weight is 317 g/mol. The molecule has 0 saturated heterocycles. The topological polar surface area (TPSA) is 53.8 Å². The lowest BCUT2D eigenvalue weighted by molar-refractivity contribution is -0.114. The number of halogens is 1. The first-order valence-corrected chi connectivity index (χ1v) is 7.57. The minimum atomic E-state index is -0.860. The maximum atomic E-state index is 12.3. The van der Waals surface area contributed by atoms with Crippen molar-refractivity contribution in [3.63, 3.8) is 0 Å².